The van der Waals surface area contributed by atoms with Gasteiger partial charge in [-0.2, -0.15) is 0 Å². The maximum atomic E-state index is 11.0. The van der Waals surface area contributed by atoms with Gasteiger partial charge in [-0.05, 0) is 36.4 Å². The zero-order valence-corrected chi connectivity index (χ0v) is 10.1. The van der Waals surface area contributed by atoms with Crippen LogP contribution in [0.15, 0.2) is 42.5 Å². The van der Waals surface area contributed by atoms with Crippen LogP contribution in [-0.4, -0.2) is 5.91 Å². The van der Waals surface area contributed by atoms with Crippen LogP contribution in [0.5, 0.6) is 11.5 Å². The molecule has 1 amide bonds. The van der Waals surface area contributed by atoms with Crippen molar-refractivity contribution in [3.63, 3.8) is 0 Å². The average molecular weight is 263 g/mol. The molecule has 0 saturated heterocycles. The lowest BCUT2D eigenvalue weighted by atomic mass is 10.2. The van der Waals surface area contributed by atoms with E-state index in [0.717, 1.165) is 0 Å². The Bertz CT molecular complexity index is 599. The van der Waals surface area contributed by atoms with Gasteiger partial charge in [0.05, 0.1) is 5.69 Å². The van der Waals surface area contributed by atoms with Crippen molar-refractivity contribution in [2.45, 2.75) is 0 Å². The van der Waals surface area contributed by atoms with E-state index in [1.54, 1.807) is 36.4 Å². The molecule has 0 aliphatic heterocycles. The van der Waals surface area contributed by atoms with Crippen molar-refractivity contribution in [3.05, 3.63) is 53.1 Å². The van der Waals surface area contributed by atoms with Crippen LogP contribution >= 0.6 is 11.6 Å². The van der Waals surface area contributed by atoms with Crippen molar-refractivity contribution in [1.29, 1.82) is 0 Å². The molecule has 4 N–H and O–H groups in total. The van der Waals surface area contributed by atoms with Crippen LogP contribution in [0.25, 0.3) is 0 Å². The third-order valence-electron chi connectivity index (χ3n) is 2.32. The minimum atomic E-state index is -0.531. The second-order valence-electron chi connectivity index (χ2n) is 3.68. The number of nitrogens with two attached hydrogens (primary N) is 2. The number of carbonyl (C=O) groups excluding carboxylic acids is 1. The number of anilines is 1. The smallest absolute Gasteiger partial charge is 0.248 e. The average Bonchev–Trinajstić information content (AvgIpc) is 2.31. The first-order valence-electron chi connectivity index (χ1n) is 5.19. The third-order valence-corrected chi connectivity index (χ3v) is 2.55. The molecule has 2 aromatic carbocycles. The molecule has 0 bridgehead atoms. The van der Waals surface area contributed by atoms with Crippen LogP contribution in [0, 0.1) is 0 Å². The number of carbonyl (C=O) groups is 1. The van der Waals surface area contributed by atoms with E-state index in [2.05, 4.69) is 0 Å². The van der Waals surface area contributed by atoms with Crippen molar-refractivity contribution < 1.29 is 9.53 Å². The Balaban J connectivity index is 2.27. The molecule has 4 nitrogen and oxygen atoms in total. The highest BCUT2D eigenvalue weighted by Gasteiger charge is 2.06. The van der Waals surface area contributed by atoms with Crippen LogP contribution in [0.1, 0.15) is 10.4 Å². The number of amides is 1. The van der Waals surface area contributed by atoms with Crippen LogP contribution < -0.4 is 16.2 Å². The van der Waals surface area contributed by atoms with E-state index in [-0.39, 0.29) is 0 Å². The number of rotatable bonds is 3. The Kier molecular flexibility index (Phi) is 3.39. The van der Waals surface area contributed by atoms with E-state index in [9.17, 15) is 4.79 Å². The van der Waals surface area contributed by atoms with E-state index >= 15 is 0 Å². The fourth-order valence-electron chi connectivity index (χ4n) is 1.45. The predicted octanol–water partition coefficient (Wildman–Crippen LogP) is 2.81. The van der Waals surface area contributed by atoms with Gasteiger partial charge >= 0.3 is 0 Å². The van der Waals surface area contributed by atoms with E-state index in [1.165, 1.54) is 6.07 Å². The number of nitrogen functional groups attached to an aromatic ring is 1. The molecule has 0 unspecified atom stereocenters. The maximum Gasteiger partial charge on any atom is 0.248 e. The molecule has 0 atom stereocenters. The summed E-state index contributed by atoms with van der Waals surface area (Å²) in [5.41, 5.74) is 11.6. The molecule has 18 heavy (non-hydrogen) atoms. The summed E-state index contributed by atoms with van der Waals surface area (Å²) in [5, 5.41) is 0.569. The Hall–Kier alpha value is -2.20. The largest absolute Gasteiger partial charge is 0.455 e. The Morgan fingerprint density at radius 2 is 1.94 bits per heavy atom. The molecule has 0 fully saturated rings. The summed E-state index contributed by atoms with van der Waals surface area (Å²) < 4.78 is 5.56. The summed E-state index contributed by atoms with van der Waals surface area (Å²) in [6.45, 7) is 0. The number of primary amides is 1. The van der Waals surface area contributed by atoms with Gasteiger partial charge in [-0.15, -0.1) is 0 Å². The molecular formula is C13H11ClN2O2. The Labute approximate surface area is 109 Å². The van der Waals surface area contributed by atoms with E-state index in [1.807, 2.05) is 0 Å². The van der Waals surface area contributed by atoms with E-state index < -0.39 is 5.91 Å². The van der Waals surface area contributed by atoms with Crippen molar-refractivity contribution in [1.82, 2.24) is 0 Å². The van der Waals surface area contributed by atoms with Gasteiger partial charge in [0.25, 0.3) is 0 Å². The number of benzene rings is 2. The first kappa shape index (κ1) is 12.3. The minimum Gasteiger partial charge on any atom is -0.455 e. The van der Waals surface area contributed by atoms with Crippen LogP contribution in [0.4, 0.5) is 5.69 Å². The summed E-state index contributed by atoms with van der Waals surface area (Å²) in [6.07, 6.45) is 0. The highest BCUT2D eigenvalue weighted by Crippen LogP contribution is 2.29. The molecule has 0 aromatic heterocycles. The van der Waals surface area contributed by atoms with E-state index in [4.69, 9.17) is 27.8 Å². The van der Waals surface area contributed by atoms with Crippen molar-refractivity contribution in [2.24, 2.45) is 5.73 Å². The molecule has 0 radical (unpaired) electrons. The first-order valence-corrected chi connectivity index (χ1v) is 5.57. The van der Waals surface area contributed by atoms with Gasteiger partial charge in [-0.1, -0.05) is 17.7 Å². The summed E-state index contributed by atoms with van der Waals surface area (Å²) in [5.74, 6) is 0.485. The molecule has 2 aromatic rings. The van der Waals surface area contributed by atoms with Crippen LogP contribution in [-0.2, 0) is 0 Å². The second-order valence-corrected chi connectivity index (χ2v) is 4.11. The van der Waals surface area contributed by atoms with Crippen molar-refractivity contribution in [2.75, 3.05) is 5.73 Å². The maximum absolute atomic E-state index is 11.0. The summed E-state index contributed by atoms with van der Waals surface area (Å²) >= 11 is 5.85. The molecule has 0 heterocycles. The van der Waals surface area contributed by atoms with Crippen LogP contribution in [0.3, 0.4) is 0 Å². The predicted molar refractivity (Wildman–Crippen MR) is 70.9 cm³/mol. The second kappa shape index (κ2) is 4.98. The quantitative estimate of drug-likeness (QED) is 0.835. The highest BCUT2D eigenvalue weighted by atomic mass is 35.5. The summed E-state index contributed by atoms with van der Waals surface area (Å²) in [7, 11) is 0. The molecule has 0 spiro atoms. The first-order chi connectivity index (χ1) is 8.56. The zero-order chi connectivity index (χ0) is 13.1. The van der Waals surface area contributed by atoms with E-state index in [0.29, 0.717) is 27.8 Å². The van der Waals surface area contributed by atoms with Gasteiger partial charge in [0.15, 0.2) is 0 Å². The molecule has 0 aliphatic rings. The van der Waals surface area contributed by atoms with Gasteiger partial charge in [-0.25, -0.2) is 0 Å². The lowest BCUT2D eigenvalue weighted by Crippen LogP contribution is -2.11. The van der Waals surface area contributed by atoms with Crippen LogP contribution in [0.2, 0.25) is 5.02 Å². The molecular weight excluding hydrogens is 252 g/mol. The monoisotopic (exact) mass is 262 g/mol. The zero-order valence-electron chi connectivity index (χ0n) is 9.39. The lowest BCUT2D eigenvalue weighted by molar-refractivity contribution is 0.100. The summed E-state index contributed by atoms with van der Waals surface area (Å²) in [6, 6.07) is 11.6. The fourth-order valence-corrected chi connectivity index (χ4v) is 1.63. The summed E-state index contributed by atoms with van der Waals surface area (Å²) in [4.78, 5) is 11.0. The standard InChI is InChI=1S/C13H11ClN2O2/c14-9-2-1-3-10(7-9)18-12-5-4-8(13(16)17)6-11(12)15/h1-7H,15H2,(H2,16,17). The fraction of sp³-hybridized carbons (Fsp3) is 0. The van der Waals surface area contributed by atoms with Gasteiger partial charge in [-0.3, -0.25) is 4.79 Å². The SMILES string of the molecule is NC(=O)c1ccc(Oc2cccc(Cl)c2)c(N)c1. The third kappa shape index (κ3) is 2.73. The van der Waals surface area contributed by atoms with Crippen molar-refractivity contribution >= 4 is 23.2 Å². The molecule has 5 heteroatoms. The number of hydrogen-bond acceptors (Lipinski definition) is 3. The Morgan fingerprint density at radius 1 is 1.17 bits per heavy atom. The lowest BCUT2D eigenvalue weighted by Gasteiger charge is -2.09. The van der Waals surface area contributed by atoms with Gasteiger partial charge in [0.2, 0.25) is 5.91 Å². The number of ether oxygens (including phenoxy) is 1. The molecule has 92 valence electrons. The molecule has 0 aliphatic carbocycles. The normalized spacial score (nSPS) is 10.1. The molecule has 2 rings (SSSR count). The number of halogens is 1. The van der Waals surface area contributed by atoms with Gasteiger partial charge < -0.3 is 16.2 Å². The number of hydrogen-bond donors (Lipinski definition) is 2. The van der Waals surface area contributed by atoms with Crippen molar-refractivity contribution in [3.8, 4) is 11.5 Å². The minimum absolute atomic E-state index is 0.339. The highest BCUT2D eigenvalue weighted by molar-refractivity contribution is 6.30. The van der Waals surface area contributed by atoms with Gasteiger partial charge in [0.1, 0.15) is 11.5 Å². The van der Waals surface area contributed by atoms with Gasteiger partial charge in [0, 0.05) is 10.6 Å². The molecule has 0 saturated carbocycles. The topological polar surface area (TPSA) is 78.3 Å². The Morgan fingerprint density at radius 3 is 2.56 bits per heavy atom.